The molecule has 122 valence electrons. The van der Waals surface area contributed by atoms with Crippen LogP contribution in [0.5, 0.6) is 0 Å². The summed E-state index contributed by atoms with van der Waals surface area (Å²) in [6.45, 7) is 6.92. The van der Waals surface area contributed by atoms with Crippen molar-refractivity contribution < 1.29 is 9.32 Å². The average molecular weight is 312 g/mol. The molecule has 3 rings (SSSR count). The Bertz CT molecular complexity index is 685. The van der Waals surface area contributed by atoms with Gasteiger partial charge in [0.05, 0.1) is 11.7 Å². The first-order chi connectivity index (χ1) is 11.0. The van der Waals surface area contributed by atoms with Gasteiger partial charge in [-0.3, -0.25) is 4.79 Å². The second-order valence-corrected chi connectivity index (χ2v) is 6.61. The number of rotatable bonds is 4. The van der Waals surface area contributed by atoms with E-state index in [1.165, 1.54) is 16.7 Å². The maximum absolute atomic E-state index is 12.6. The molecule has 4 heteroatoms. The van der Waals surface area contributed by atoms with E-state index in [-0.39, 0.29) is 11.9 Å². The Hall–Kier alpha value is -2.10. The van der Waals surface area contributed by atoms with Gasteiger partial charge in [-0.05, 0) is 45.6 Å². The van der Waals surface area contributed by atoms with Gasteiger partial charge in [-0.2, -0.15) is 0 Å². The number of nitrogens with zero attached hydrogens (tertiary/aromatic N) is 2. The average Bonchev–Trinajstić information content (AvgIpc) is 3.12. The number of aromatic nitrogens is 1. The lowest BCUT2D eigenvalue weighted by molar-refractivity contribution is -0.132. The predicted octanol–water partition coefficient (Wildman–Crippen LogP) is 3.90. The SMILES string of the molecule is Cc1cc(C)cc(CCC(=O)N2CCC[C@@H]2c2cc(C)no2)c1. The number of hydrogen-bond donors (Lipinski definition) is 0. The van der Waals surface area contributed by atoms with Gasteiger partial charge >= 0.3 is 0 Å². The number of hydrogen-bond acceptors (Lipinski definition) is 3. The summed E-state index contributed by atoms with van der Waals surface area (Å²) < 4.78 is 5.38. The highest BCUT2D eigenvalue weighted by molar-refractivity contribution is 5.77. The van der Waals surface area contributed by atoms with E-state index in [1.807, 2.05) is 17.9 Å². The molecule has 1 aromatic carbocycles. The van der Waals surface area contributed by atoms with Gasteiger partial charge in [0.1, 0.15) is 0 Å². The highest BCUT2D eigenvalue weighted by Crippen LogP contribution is 2.32. The molecule has 0 saturated carbocycles. The number of carbonyl (C=O) groups is 1. The fourth-order valence-electron chi connectivity index (χ4n) is 3.51. The standard InChI is InChI=1S/C19H24N2O2/c1-13-9-14(2)11-16(10-13)6-7-19(22)21-8-4-5-17(21)18-12-15(3)20-23-18/h9-12,17H,4-8H2,1-3H3/t17-/m1/s1. The summed E-state index contributed by atoms with van der Waals surface area (Å²) >= 11 is 0. The molecule has 0 radical (unpaired) electrons. The molecule has 1 aliphatic rings. The van der Waals surface area contributed by atoms with Crippen molar-refractivity contribution in [1.82, 2.24) is 10.1 Å². The molecular formula is C19H24N2O2. The van der Waals surface area contributed by atoms with Gasteiger partial charge in [0.2, 0.25) is 5.91 Å². The number of aryl methyl sites for hydroxylation is 4. The van der Waals surface area contributed by atoms with Crippen LogP contribution in [0.3, 0.4) is 0 Å². The second kappa shape index (κ2) is 6.57. The maximum atomic E-state index is 12.6. The fraction of sp³-hybridized carbons (Fsp3) is 0.474. The summed E-state index contributed by atoms with van der Waals surface area (Å²) in [5.41, 5.74) is 4.61. The van der Waals surface area contributed by atoms with Crippen molar-refractivity contribution in [1.29, 1.82) is 0 Å². The monoisotopic (exact) mass is 312 g/mol. The molecule has 1 aliphatic heterocycles. The van der Waals surface area contributed by atoms with Gasteiger partial charge in [-0.15, -0.1) is 0 Å². The van der Waals surface area contributed by atoms with Crippen molar-refractivity contribution in [3.05, 3.63) is 52.4 Å². The summed E-state index contributed by atoms with van der Waals surface area (Å²) in [6, 6.07) is 8.50. The molecule has 0 N–H and O–H groups in total. The van der Waals surface area contributed by atoms with Crippen LogP contribution in [0.1, 0.15) is 53.4 Å². The largest absolute Gasteiger partial charge is 0.359 e. The molecule has 0 bridgehead atoms. The van der Waals surface area contributed by atoms with Crippen LogP contribution in [0.25, 0.3) is 0 Å². The zero-order chi connectivity index (χ0) is 16.4. The van der Waals surface area contributed by atoms with E-state index in [0.29, 0.717) is 6.42 Å². The first-order valence-electron chi connectivity index (χ1n) is 8.33. The Morgan fingerprint density at radius 3 is 2.61 bits per heavy atom. The lowest BCUT2D eigenvalue weighted by Gasteiger charge is -2.22. The lowest BCUT2D eigenvalue weighted by atomic mass is 10.0. The first-order valence-corrected chi connectivity index (χ1v) is 8.33. The molecule has 2 aromatic rings. The minimum Gasteiger partial charge on any atom is -0.359 e. The van der Waals surface area contributed by atoms with Gasteiger partial charge < -0.3 is 9.42 Å². The first kappa shape index (κ1) is 15.8. The van der Waals surface area contributed by atoms with E-state index in [9.17, 15) is 4.79 Å². The Morgan fingerprint density at radius 1 is 1.22 bits per heavy atom. The Labute approximate surface area is 137 Å². The highest BCUT2D eigenvalue weighted by Gasteiger charge is 2.32. The highest BCUT2D eigenvalue weighted by atomic mass is 16.5. The molecule has 0 unspecified atom stereocenters. The Balaban J connectivity index is 1.65. The Kier molecular flexibility index (Phi) is 4.51. The molecule has 1 fully saturated rings. The summed E-state index contributed by atoms with van der Waals surface area (Å²) in [7, 11) is 0. The van der Waals surface area contributed by atoms with E-state index in [2.05, 4.69) is 37.2 Å². The third-order valence-electron chi connectivity index (χ3n) is 4.46. The second-order valence-electron chi connectivity index (χ2n) is 6.61. The minimum absolute atomic E-state index is 0.0583. The molecule has 2 heterocycles. The summed E-state index contributed by atoms with van der Waals surface area (Å²) in [6.07, 6.45) is 3.33. The van der Waals surface area contributed by atoms with Crippen LogP contribution in [0.15, 0.2) is 28.8 Å². The molecule has 4 nitrogen and oxygen atoms in total. The van der Waals surface area contributed by atoms with Crippen LogP contribution < -0.4 is 0 Å². The normalized spacial score (nSPS) is 17.7. The zero-order valence-corrected chi connectivity index (χ0v) is 14.1. The molecular weight excluding hydrogens is 288 g/mol. The lowest BCUT2D eigenvalue weighted by Crippen LogP contribution is -2.30. The maximum Gasteiger partial charge on any atom is 0.223 e. The molecule has 1 amide bonds. The van der Waals surface area contributed by atoms with Gasteiger partial charge in [0, 0.05) is 19.0 Å². The topological polar surface area (TPSA) is 46.3 Å². The van der Waals surface area contributed by atoms with E-state index < -0.39 is 0 Å². The zero-order valence-electron chi connectivity index (χ0n) is 14.1. The summed E-state index contributed by atoms with van der Waals surface area (Å²) in [4.78, 5) is 14.6. The molecule has 1 aromatic heterocycles. The van der Waals surface area contributed by atoms with Crippen molar-refractivity contribution in [2.24, 2.45) is 0 Å². The fourth-order valence-corrected chi connectivity index (χ4v) is 3.51. The van der Waals surface area contributed by atoms with Crippen LogP contribution in [-0.2, 0) is 11.2 Å². The van der Waals surface area contributed by atoms with Gasteiger partial charge in [0.25, 0.3) is 0 Å². The van der Waals surface area contributed by atoms with E-state index in [0.717, 1.165) is 37.3 Å². The molecule has 0 aliphatic carbocycles. The van der Waals surface area contributed by atoms with Gasteiger partial charge in [-0.25, -0.2) is 0 Å². The number of benzene rings is 1. The third-order valence-corrected chi connectivity index (χ3v) is 4.46. The van der Waals surface area contributed by atoms with Crippen molar-refractivity contribution in [2.45, 2.75) is 52.5 Å². The molecule has 1 saturated heterocycles. The third kappa shape index (κ3) is 3.63. The van der Waals surface area contributed by atoms with E-state index in [4.69, 9.17) is 4.52 Å². The van der Waals surface area contributed by atoms with E-state index in [1.54, 1.807) is 0 Å². The summed E-state index contributed by atoms with van der Waals surface area (Å²) in [5.74, 6) is 1.03. The minimum atomic E-state index is 0.0583. The summed E-state index contributed by atoms with van der Waals surface area (Å²) in [5, 5.41) is 3.95. The van der Waals surface area contributed by atoms with E-state index >= 15 is 0 Å². The number of amides is 1. The molecule has 23 heavy (non-hydrogen) atoms. The number of carbonyl (C=O) groups excluding carboxylic acids is 1. The van der Waals surface area contributed by atoms with Gasteiger partial charge in [0.15, 0.2) is 5.76 Å². The van der Waals surface area contributed by atoms with Crippen LogP contribution >= 0.6 is 0 Å². The van der Waals surface area contributed by atoms with Crippen LogP contribution in [0.4, 0.5) is 0 Å². The van der Waals surface area contributed by atoms with Crippen molar-refractivity contribution in [3.8, 4) is 0 Å². The van der Waals surface area contributed by atoms with Crippen molar-refractivity contribution in [3.63, 3.8) is 0 Å². The van der Waals surface area contributed by atoms with Crippen LogP contribution in [0, 0.1) is 20.8 Å². The predicted molar refractivity (Wildman–Crippen MR) is 89.2 cm³/mol. The van der Waals surface area contributed by atoms with Crippen LogP contribution in [-0.4, -0.2) is 22.5 Å². The quantitative estimate of drug-likeness (QED) is 0.860. The van der Waals surface area contributed by atoms with Crippen molar-refractivity contribution >= 4 is 5.91 Å². The van der Waals surface area contributed by atoms with Crippen LogP contribution in [0.2, 0.25) is 0 Å². The number of likely N-dealkylation sites (tertiary alicyclic amines) is 1. The molecule has 0 spiro atoms. The Morgan fingerprint density at radius 2 is 1.96 bits per heavy atom. The van der Waals surface area contributed by atoms with Gasteiger partial charge in [-0.1, -0.05) is 34.5 Å². The smallest absolute Gasteiger partial charge is 0.223 e. The molecule has 1 atom stereocenters. The van der Waals surface area contributed by atoms with Crippen molar-refractivity contribution in [2.75, 3.05) is 6.54 Å².